The Labute approximate surface area is 81.1 Å². The van der Waals surface area contributed by atoms with Crippen LogP contribution in [0.15, 0.2) is 16.9 Å². The molecule has 5 nitrogen and oxygen atoms in total. The molecule has 2 saturated heterocycles. The average molecular weight is 193 g/mol. The molecule has 0 radical (unpaired) electrons. The van der Waals surface area contributed by atoms with Crippen molar-refractivity contribution in [3.05, 3.63) is 18.4 Å². The first-order valence-corrected chi connectivity index (χ1v) is 4.77. The van der Waals surface area contributed by atoms with Gasteiger partial charge in [0.05, 0.1) is 6.20 Å². The van der Waals surface area contributed by atoms with Crippen molar-refractivity contribution in [2.75, 3.05) is 19.6 Å². The van der Waals surface area contributed by atoms with Crippen LogP contribution in [0.5, 0.6) is 0 Å². The van der Waals surface area contributed by atoms with Gasteiger partial charge in [-0.05, 0) is 0 Å². The third-order valence-electron chi connectivity index (χ3n) is 2.99. The molecule has 14 heavy (non-hydrogen) atoms. The number of nitrogens with one attached hydrogen (secondary N) is 1. The van der Waals surface area contributed by atoms with Crippen LogP contribution in [0.2, 0.25) is 0 Å². The number of aromatic nitrogens is 1. The Morgan fingerprint density at radius 3 is 3.07 bits per heavy atom. The van der Waals surface area contributed by atoms with Gasteiger partial charge in [0.25, 0.3) is 5.89 Å². The maximum atomic E-state index is 11.8. The molecule has 3 heterocycles. The number of carbonyl (C=O) groups is 1. The molecule has 0 aliphatic carbocycles. The standard InChI is InChI=1S/C9H11N3O2/c13-9(8-10-1-2-14-8)12-4-6-3-11-7(6)5-12/h1-2,6-7,11H,3-5H2. The van der Waals surface area contributed by atoms with Gasteiger partial charge < -0.3 is 14.6 Å². The van der Waals surface area contributed by atoms with E-state index in [1.807, 2.05) is 0 Å². The summed E-state index contributed by atoms with van der Waals surface area (Å²) in [7, 11) is 0. The van der Waals surface area contributed by atoms with E-state index in [1.54, 1.807) is 4.90 Å². The van der Waals surface area contributed by atoms with E-state index in [-0.39, 0.29) is 11.8 Å². The minimum Gasteiger partial charge on any atom is -0.441 e. The average Bonchev–Trinajstić information content (AvgIpc) is 2.75. The zero-order valence-corrected chi connectivity index (χ0v) is 7.64. The third-order valence-corrected chi connectivity index (χ3v) is 2.99. The van der Waals surface area contributed by atoms with E-state index in [0.29, 0.717) is 12.0 Å². The molecule has 0 aromatic carbocycles. The van der Waals surface area contributed by atoms with E-state index < -0.39 is 0 Å². The Bertz CT molecular complexity index is 337. The minimum atomic E-state index is -0.0915. The van der Waals surface area contributed by atoms with Crippen molar-refractivity contribution in [1.82, 2.24) is 15.2 Å². The van der Waals surface area contributed by atoms with Crippen molar-refractivity contribution in [2.45, 2.75) is 6.04 Å². The molecule has 2 aliphatic rings. The van der Waals surface area contributed by atoms with Crippen molar-refractivity contribution in [3.63, 3.8) is 0 Å². The van der Waals surface area contributed by atoms with E-state index in [9.17, 15) is 4.79 Å². The van der Waals surface area contributed by atoms with Crippen molar-refractivity contribution < 1.29 is 9.21 Å². The third kappa shape index (κ3) is 1.05. The number of likely N-dealkylation sites (tertiary alicyclic amines) is 1. The fourth-order valence-electron chi connectivity index (χ4n) is 2.08. The van der Waals surface area contributed by atoms with Gasteiger partial charge in [0, 0.05) is 31.6 Å². The van der Waals surface area contributed by atoms with Crippen molar-refractivity contribution in [1.29, 1.82) is 0 Å². The maximum Gasteiger partial charge on any atom is 0.309 e. The molecule has 0 bridgehead atoms. The number of rotatable bonds is 1. The predicted molar refractivity (Wildman–Crippen MR) is 47.7 cm³/mol. The predicted octanol–water partition coefficient (Wildman–Crippen LogP) is -0.282. The van der Waals surface area contributed by atoms with E-state index in [1.165, 1.54) is 12.5 Å². The number of hydrogen-bond donors (Lipinski definition) is 1. The number of amides is 1. The van der Waals surface area contributed by atoms with Crippen LogP contribution >= 0.6 is 0 Å². The Hall–Kier alpha value is -1.36. The second-order valence-corrected chi connectivity index (χ2v) is 3.82. The summed E-state index contributed by atoms with van der Waals surface area (Å²) in [6.07, 6.45) is 2.92. The fourth-order valence-corrected chi connectivity index (χ4v) is 2.08. The zero-order valence-electron chi connectivity index (χ0n) is 7.64. The van der Waals surface area contributed by atoms with Crippen LogP contribution in [0.1, 0.15) is 10.7 Å². The lowest BCUT2D eigenvalue weighted by atomic mass is 9.96. The van der Waals surface area contributed by atoms with Crippen LogP contribution in [-0.4, -0.2) is 41.5 Å². The normalized spacial score (nSPS) is 29.9. The molecule has 1 aromatic rings. The lowest BCUT2D eigenvalue weighted by Crippen LogP contribution is -2.51. The van der Waals surface area contributed by atoms with Gasteiger partial charge in [-0.1, -0.05) is 0 Å². The molecular formula is C9H11N3O2. The number of nitrogens with zero attached hydrogens (tertiary/aromatic N) is 2. The van der Waals surface area contributed by atoms with Gasteiger partial charge in [-0.15, -0.1) is 0 Å². The smallest absolute Gasteiger partial charge is 0.309 e. The largest absolute Gasteiger partial charge is 0.441 e. The Balaban J connectivity index is 1.74. The molecule has 74 valence electrons. The molecule has 2 unspecified atom stereocenters. The summed E-state index contributed by atoms with van der Waals surface area (Å²) in [6, 6.07) is 0.494. The topological polar surface area (TPSA) is 58.4 Å². The van der Waals surface area contributed by atoms with Crippen LogP contribution in [0.3, 0.4) is 0 Å². The van der Waals surface area contributed by atoms with Gasteiger partial charge in [-0.2, -0.15) is 0 Å². The van der Waals surface area contributed by atoms with E-state index in [4.69, 9.17) is 4.42 Å². The quantitative estimate of drug-likeness (QED) is 0.666. The van der Waals surface area contributed by atoms with E-state index in [2.05, 4.69) is 10.3 Å². The molecular weight excluding hydrogens is 182 g/mol. The van der Waals surface area contributed by atoms with Gasteiger partial charge >= 0.3 is 5.91 Å². The highest BCUT2D eigenvalue weighted by Crippen LogP contribution is 2.24. The molecule has 2 aliphatic heterocycles. The first-order chi connectivity index (χ1) is 6.84. The van der Waals surface area contributed by atoms with E-state index >= 15 is 0 Å². The van der Waals surface area contributed by atoms with Crippen LogP contribution in [0, 0.1) is 5.92 Å². The molecule has 2 atom stereocenters. The highest BCUT2D eigenvalue weighted by Gasteiger charge is 2.41. The van der Waals surface area contributed by atoms with Gasteiger partial charge in [0.2, 0.25) is 0 Å². The second kappa shape index (κ2) is 2.81. The lowest BCUT2D eigenvalue weighted by molar-refractivity contribution is 0.0749. The summed E-state index contributed by atoms with van der Waals surface area (Å²) in [5.74, 6) is 0.742. The summed E-state index contributed by atoms with van der Waals surface area (Å²) in [5.41, 5.74) is 0. The molecule has 5 heteroatoms. The highest BCUT2D eigenvalue weighted by molar-refractivity contribution is 5.89. The van der Waals surface area contributed by atoms with Gasteiger partial charge in [-0.25, -0.2) is 4.98 Å². The highest BCUT2D eigenvalue weighted by atomic mass is 16.4. The molecule has 0 saturated carbocycles. The fraction of sp³-hybridized carbons (Fsp3) is 0.556. The van der Waals surface area contributed by atoms with Crippen LogP contribution in [0.4, 0.5) is 0 Å². The SMILES string of the molecule is O=C(c1ncco1)N1CC2CNC2C1. The summed E-state index contributed by atoms with van der Waals surface area (Å²) in [6.45, 7) is 2.64. The summed E-state index contributed by atoms with van der Waals surface area (Å²) in [4.78, 5) is 17.4. The Morgan fingerprint density at radius 1 is 1.64 bits per heavy atom. The first kappa shape index (κ1) is 7.99. The number of hydrogen-bond acceptors (Lipinski definition) is 4. The molecule has 0 spiro atoms. The van der Waals surface area contributed by atoms with Crippen LogP contribution < -0.4 is 5.32 Å². The number of fused-ring (bicyclic) bond motifs is 1. The minimum absolute atomic E-state index is 0.0915. The van der Waals surface area contributed by atoms with E-state index in [0.717, 1.165) is 19.6 Å². The molecule has 1 N–H and O–H groups in total. The van der Waals surface area contributed by atoms with Gasteiger partial charge in [0.1, 0.15) is 6.26 Å². The maximum absolute atomic E-state index is 11.8. The lowest BCUT2D eigenvalue weighted by Gasteiger charge is -2.29. The summed E-state index contributed by atoms with van der Waals surface area (Å²) < 4.78 is 4.98. The summed E-state index contributed by atoms with van der Waals surface area (Å²) in [5, 5.41) is 3.29. The number of oxazole rings is 1. The second-order valence-electron chi connectivity index (χ2n) is 3.82. The van der Waals surface area contributed by atoms with Crippen molar-refractivity contribution >= 4 is 5.91 Å². The molecule has 3 rings (SSSR count). The van der Waals surface area contributed by atoms with Gasteiger partial charge in [-0.3, -0.25) is 4.79 Å². The molecule has 1 amide bonds. The van der Waals surface area contributed by atoms with Crippen LogP contribution in [-0.2, 0) is 0 Å². The first-order valence-electron chi connectivity index (χ1n) is 4.77. The number of carbonyl (C=O) groups excluding carboxylic acids is 1. The monoisotopic (exact) mass is 193 g/mol. The summed E-state index contributed by atoms with van der Waals surface area (Å²) >= 11 is 0. The zero-order chi connectivity index (χ0) is 9.54. The Kier molecular flexibility index (Phi) is 1.61. The molecule has 2 fully saturated rings. The van der Waals surface area contributed by atoms with Crippen LogP contribution in [0.25, 0.3) is 0 Å². The Morgan fingerprint density at radius 2 is 2.57 bits per heavy atom. The van der Waals surface area contributed by atoms with Gasteiger partial charge in [0.15, 0.2) is 0 Å². The van der Waals surface area contributed by atoms with Crippen molar-refractivity contribution in [2.24, 2.45) is 5.92 Å². The molecule has 1 aromatic heterocycles. The van der Waals surface area contributed by atoms with Crippen molar-refractivity contribution in [3.8, 4) is 0 Å².